The SMILES string of the molecule is COC(=O)/C(C)=C(/Sc1ccccc1)C(=O)C(C)(C)C. The van der Waals surface area contributed by atoms with Crippen molar-refractivity contribution < 1.29 is 14.3 Å². The summed E-state index contributed by atoms with van der Waals surface area (Å²) in [6.07, 6.45) is 0. The van der Waals surface area contributed by atoms with Crippen molar-refractivity contribution in [3.8, 4) is 0 Å². The molecule has 0 saturated carbocycles. The molecule has 20 heavy (non-hydrogen) atoms. The number of carbonyl (C=O) groups is 2. The molecule has 0 spiro atoms. The van der Waals surface area contributed by atoms with Crippen molar-refractivity contribution >= 4 is 23.5 Å². The Labute approximate surface area is 124 Å². The molecule has 0 aliphatic heterocycles. The fourth-order valence-corrected chi connectivity index (χ4v) is 2.65. The molecule has 0 amide bonds. The Morgan fingerprint density at radius 1 is 1.10 bits per heavy atom. The third-order valence-electron chi connectivity index (χ3n) is 2.68. The summed E-state index contributed by atoms with van der Waals surface area (Å²) in [6.45, 7) is 7.14. The number of carbonyl (C=O) groups excluding carboxylic acids is 2. The first-order chi connectivity index (χ1) is 9.27. The number of hydrogen-bond donors (Lipinski definition) is 0. The number of methoxy groups -OCH3 is 1. The van der Waals surface area contributed by atoms with Crippen molar-refractivity contribution in [1.82, 2.24) is 0 Å². The van der Waals surface area contributed by atoms with Crippen molar-refractivity contribution in [1.29, 1.82) is 0 Å². The molecular weight excluding hydrogens is 272 g/mol. The summed E-state index contributed by atoms with van der Waals surface area (Å²) in [5, 5.41) is 0. The summed E-state index contributed by atoms with van der Waals surface area (Å²) in [4.78, 5) is 25.6. The second-order valence-electron chi connectivity index (χ2n) is 5.44. The van der Waals surface area contributed by atoms with Crippen LogP contribution in [-0.2, 0) is 14.3 Å². The number of allylic oxidation sites excluding steroid dienone is 1. The molecule has 0 radical (unpaired) electrons. The first kappa shape index (κ1) is 16.5. The summed E-state index contributed by atoms with van der Waals surface area (Å²) >= 11 is 1.30. The Hall–Kier alpha value is -1.55. The maximum atomic E-state index is 12.5. The predicted octanol–water partition coefficient (Wildman–Crippen LogP) is 3.84. The standard InChI is InChI=1S/C16H20O3S/c1-11(15(18)19-5)13(14(17)16(2,3)4)20-12-9-7-6-8-10-12/h6-10H,1-5H3/b13-11+. The van der Waals surface area contributed by atoms with Crippen molar-refractivity contribution in [3.63, 3.8) is 0 Å². The molecule has 0 aliphatic carbocycles. The average molecular weight is 292 g/mol. The van der Waals surface area contributed by atoms with Crippen LogP contribution in [0.4, 0.5) is 0 Å². The van der Waals surface area contributed by atoms with Gasteiger partial charge in [-0.25, -0.2) is 4.79 Å². The second kappa shape index (κ2) is 6.75. The number of Topliss-reactive ketones (excluding diaryl/α,β-unsaturated/α-hetero) is 1. The lowest BCUT2D eigenvalue weighted by Gasteiger charge is -2.20. The second-order valence-corrected chi connectivity index (χ2v) is 6.52. The van der Waals surface area contributed by atoms with Gasteiger partial charge in [0.1, 0.15) is 0 Å². The molecule has 1 rings (SSSR count). The summed E-state index contributed by atoms with van der Waals surface area (Å²) in [6, 6.07) is 9.52. The number of esters is 1. The van der Waals surface area contributed by atoms with Gasteiger partial charge in [-0.15, -0.1) is 0 Å². The number of benzene rings is 1. The fourth-order valence-electron chi connectivity index (χ4n) is 1.49. The van der Waals surface area contributed by atoms with Crippen molar-refractivity contribution in [3.05, 3.63) is 40.8 Å². The highest BCUT2D eigenvalue weighted by Crippen LogP contribution is 2.35. The van der Waals surface area contributed by atoms with Gasteiger partial charge in [0.2, 0.25) is 0 Å². The van der Waals surface area contributed by atoms with Crippen LogP contribution in [0, 0.1) is 5.41 Å². The van der Waals surface area contributed by atoms with Gasteiger partial charge in [0.15, 0.2) is 5.78 Å². The van der Waals surface area contributed by atoms with E-state index in [0.717, 1.165) is 4.90 Å². The lowest BCUT2D eigenvalue weighted by molar-refractivity contribution is -0.136. The zero-order valence-corrected chi connectivity index (χ0v) is 13.3. The summed E-state index contributed by atoms with van der Waals surface area (Å²) in [5.74, 6) is -0.532. The highest BCUT2D eigenvalue weighted by atomic mass is 32.2. The van der Waals surface area contributed by atoms with E-state index in [-0.39, 0.29) is 5.78 Å². The molecule has 0 bridgehead atoms. The van der Waals surface area contributed by atoms with Crippen LogP contribution in [0.15, 0.2) is 45.7 Å². The maximum absolute atomic E-state index is 12.5. The van der Waals surface area contributed by atoms with Crippen LogP contribution in [0.3, 0.4) is 0 Å². The van der Waals surface area contributed by atoms with E-state index in [2.05, 4.69) is 0 Å². The molecule has 0 aliphatic rings. The largest absolute Gasteiger partial charge is 0.466 e. The summed E-state index contributed by atoms with van der Waals surface area (Å²) < 4.78 is 4.73. The molecular formula is C16H20O3S. The maximum Gasteiger partial charge on any atom is 0.334 e. The van der Waals surface area contributed by atoms with E-state index in [0.29, 0.717) is 10.5 Å². The first-order valence-corrected chi connectivity index (χ1v) is 7.16. The number of thioether (sulfide) groups is 1. The predicted molar refractivity (Wildman–Crippen MR) is 81.5 cm³/mol. The van der Waals surface area contributed by atoms with E-state index in [4.69, 9.17) is 4.74 Å². The van der Waals surface area contributed by atoms with E-state index in [1.54, 1.807) is 6.92 Å². The van der Waals surface area contributed by atoms with Crippen LogP contribution < -0.4 is 0 Å². The molecule has 108 valence electrons. The molecule has 0 saturated heterocycles. The van der Waals surface area contributed by atoms with E-state index in [9.17, 15) is 9.59 Å². The molecule has 0 fully saturated rings. The highest BCUT2D eigenvalue weighted by molar-refractivity contribution is 8.04. The van der Waals surface area contributed by atoms with Gasteiger partial charge in [-0.3, -0.25) is 4.79 Å². The summed E-state index contributed by atoms with van der Waals surface area (Å²) in [7, 11) is 1.32. The minimum atomic E-state index is -0.549. The first-order valence-electron chi connectivity index (χ1n) is 6.34. The van der Waals surface area contributed by atoms with Gasteiger partial charge in [0, 0.05) is 10.3 Å². The van der Waals surface area contributed by atoms with E-state index < -0.39 is 11.4 Å². The van der Waals surface area contributed by atoms with Gasteiger partial charge in [0.25, 0.3) is 0 Å². The molecule has 1 aromatic rings. The third-order valence-corrected chi connectivity index (χ3v) is 3.89. The van der Waals surface area contributed by atoms with Crippen LogP contribution in [-0.4, -0.2) is 18.9 Å². The normalized spacial score (nSPS) is 12.7. The van der Waals surface area contributed by atoms with Crippen LogP contribution in [0.2, 0.25) is 0 Å². The Bertz CT molecular complexity index is 524. The fraction of sp³-hybridized carbons (Fsp3) is 0.375. The van der Waals surface area contributed by atoms with Gasteiger partial charge in [-0.1, -0.05) is 50.7 Å². The molecule has 0 heterocycles. The van der Waals surface area contributed by atoms with Crippen LogP contribution in [0.1, 0.15) is 27.7 Å². The zero-order chi connectivity index (χ0) is 15.3. The monoisotopic (exact) mass is 292 g/mol. The van der Waals surface area contributed by atoms with E-state index >= 15 is 0 Å². The number of ketones is 1. The number of ether oxygens (including phenoxy) is 1. The molecule has 3 nitrogen and oxygen atoms in total. The quantitative estimate of drug-likeness (QED) is 0.480. The molecule has 0 unspecified atom stereocenters. The molecule has 0 N–H and O–H groups in total. The number of rotatable bonds is 4. The summed E-state index contributed by atoms with van der Waals surface area (Å²) in [5.41, 5.74) is -0.201. The molecule has 0 atom stereocenters. The smallest absolute Gasteiger partial charge is 0.334 e. The van der Waals surface area contributed by atoms with Crippen LogP contribution in [0.5, 0.6) is 0 Å². The van der Waals surface area contributed by atoms with Crippen LogP contribution in [0.25, 0.3) is 0 Å². The highest BCUT2D eigenvalue weighted by Gasteiger charge is 2.29. The minimum absolute atomic E-state index is 0.0609. The van der Waals surface area contributed by atoms with Crippen molar-refractivity contribution in [2.24, 2.45) is 5.41 Å². The Morgan fingerprint density at radius 3 is 2.10 bits per heavy atom. The molecule has 1 aromatic carbocycles. The molecule has 4 heteroatoms. The van der Waals surface area contributed by atoms with Gasteiger partial charge < -0.3 is 4.74 Å². The van der Waals surface area contributed by atoms with Gasteiger partial charge in [-0.05, 0) is 19.1 Å². The van der Waals surface area contributed by atoms with E-state index in [1.165, 1.54) is 18.9 Å². The lowest BCUT2D eigenvalue weighted by atomic mass is 9.89. The van der Waals surface area contributed by atoms with Gasteiger partial charge in [-0.2, -0.15) is 0 Å². The average Bonchev–Trinajstić information content (AvgIpc) is 2.42. The number of hydrogen-bond acceptors (Lipinski definition) is 4. The third kappa shape index (κ3) is 4.23. The topological polar surface area (TPSA) is 43.4 Å². The van der Waals surface area contributed by atoms with Gasteiger partial charge in [0.05, 0.1) is 17.6 Å². The van der Waals surface area contributed by atoms with E-state index in [1.807, 2.05) is 51.1 Å². The van der Waals surface area contributed by atoms with Crippen molar-refractivity contribution in [2.75, 3.05) is 7.11 Å². The Morgan fingerprint density at radius 2 is 1.65 bits per heavy atom. The zero-order valence-electron chi connectivity index (χ0n) is 12.5. The Balaban J connectivity index is 3.22. The van der Waals surface area contributed by atoms with Gasteiger partial charge >= 0.3 is 5.97 Å². The molecule has 0 aromatic heterocycles. The lowest BCUT2D eigenvalue weighted by Crippen LogP contribution is -2.23. The Kier molecular flexibility index (Phi) is 5.57. The van der Waals surface area contributed by atoms with Crippen LogP contribution >= 0.6 is 11.8 Å². The minimum Gasteiger partial charge on any atom is -0.466 e. The van der Waals surface area contributed by atoms with Crippen molar-refractivity contribution in [2.45, 2.75) is 32.6 Å².